The van der Waals surface area contributed by atoms with Gasteiger partial charge in [-0.1, -0.05) is 0 Å². The fourth-order valence-electron chi connectivity index (χ4n) is 2.13. The SMILES string of the molecule is COc1ccc2sc3c(c2c1)NC[C@@H](C)NC3=O. The van der Waals surface area contributed by atoms with Crippen LogP contribution in [0.1, 0.15) is 16.6 Å². The zero-order valence-corrected chi connectivity index (χ0v) is 11.1. The van der Waals surface area contributed by atoms with Crippen LogP contribution in [0.25, 0.3) is 10.1 Å². The van der Waals surface area contributed by atoms with Crippen LogP contribution in [0, 0.1) is 0 Å². The second-order valence-corrected chi connectivity index (χ2v) is 5.48. The van der Waals surface area contributed by atoms with E-state index in [4.69, 9.17) is 4.74 Å². The lowest BCUT2D eigenvalue weighted by Crippen LogP contribution is -2.34. The zero-order chi connectivity index (χ0) is 12.7. The summed E-state index contributed by atoms with van der Waals surface area (Å²) in [5.74, 6) is 0.810. The molecular formula is C13H14N2O2S. The molecule has 2 aromatic rings. The Labute approximate surface area is 109 Å². The first-order chi connectivity index (χ1) is 8.69. The Morgan fingerprint density at radius 1 is 1.44 bits per heavy atom. The van der Waals surface area contributed by atoms with Gasteiger partial charge in [0.25, 0.3) is 5.91 Å². The molecule has 2 heterocycles. The molecule has 2 N–H and O–H groups in total. The number of thiophene rings is 1. The summed E-state index contributed by atoms with van der Waals surface area (Å²) >= 11 is 1.51. The van der Waals surface area contributed by atoms with E-state index in [2.05, 4.69) is 10.6 Å². The number of ether oxygens (including phenoxy) is 1. The Morgan fingerprint density at radius 3 is 3.06 bits per heavy atom. The molecule has 1 aliphatic heterocycles. The van der Waals surface area contributed by atoms with Crippen LogP contribution in [0.4, 0.5) is 5.69 Å². The molecule has 0 spiro atoms. The lowest BCUT2D eigenvalue weighted by Gasteiger charge is -2.09. The summed E-state index contributed by atoms with van der Waals surface area (Å²) < 4.78 is 6.33. The van der Waals surface area contributed by atoms with Gasteiger partial charge < -0.3 is 15.4 Å². The average Bonchev–Trinajstić information content (AvgIpc) is 2.67. The van der Waals surface area contributed by atoms with Crippen molar-refractivity contribution in [3.63, 3.8) is 0 Å². The predicted octanol–water partition coefficient (Wildman–Crippen LogP) is 2.45. The lowest BCUT2D eigenvalue weighted by atomic mass is 10.2. The summed E-state index contributed by atoms with van der Waals surface area (Å²) in [6.07, 6.45) is 0. The van der Waals surface area contributed by atoms with Crippen molar-refractivity contribution in [3.8, 4) is 5.75 Å². The molecule has 0 saturated carbocycles. The summed E-state index contributed by atoms with van der Waals surface area (Å²) in [5.41, 5.74) is 0.927. The van der Waals surface area contributed by atoms with Gasteiger partial charge in [-0.25, -0.2) is 0 Å². The van der Waals surface area contributed by atoms with Crippen LogP contribution in [-0.2, 0) is 0 Å². The van der Waals surface area contributed by atoms with E-state index < -0.39 is 0 Å². The maximum atomic E-state index is 12.1. The molecular weight excluding hydrogens is 248 g/mol. The summed E-state index contributed by atoms with van der Waals surface area (Å²) in [7, 11) is 1.65. The minimum absolute atomic E-state index is 0.00247. The number of carbonyl (C=O) groups excluding carboxylic acids is 1. The molecule has 0 unspecified atom stereocenters. The smallest absolute Gasteiger partial charge is 0.263 e. The van der Waals surface area contributed by atoms with Gasteiger partial charge in [0.2, 0.25) is 0 Å². The second-order valence-electron chi connectivity index (χ2n) is 4.42. The molecule has 1 amide bonds. The highest BCUT2D eigenvalue weighted by Gasteiger charge is 2.23. The second kappa shape index (κ2) is 4.17. The third-order valence-corrected chi connectivity index (χ3v) is 4.23. The van der Waals surface area contributed by atoms with Crippen LogP contribution in [0.15, 0.2) is 18.2 Å². The summed E-state index contributed by atoms with van der Waals surface area (Å²) in [5, 5.41) is 7.37. The average molecular weight is 262 g/mol. The molecule has 1 aromatic heterocycles. The van der Waals surface area contributed by atoms with Gasteiger partial charge in [-0.05, 0) is 25.1 Å². The number of anilines is 1. The summed E-state index contributed by atoms with van der Waals surface area (Å²) in [6, 6.07) is 6.02. The monoisotopic (exact) mass is 262 g/mol. The minimum atomic E-state index is 0.00247. The number of fused-ring (bicyclic) bond motifs is 3. The minimum Gasteiger partial charge on any atom is -0.497 e. The molecule has 0 saturated heterocycles. The predicted molar refractivity (Wildman–Crippen MR) is 73.8 cm³/mol. The van der Waals surface area contributed by atoms with Crippen molar-refractivity contribution in [1.29, 1.82) is 0 Å². The topological polar surface area (TPSA) is 50.4 Å². The van der Waals surface area contributed by atoms with Crippen molar-refractivity contribution in [2.24, 2.45) is 0 Å². The molecule has 0 bridgehead atoms. The largest absolute Gasteiger partial charge is 0.497 e. The number of hydrogen-bond acceptors (Lipinski definition) is 4. The van der Waals surface area contributed by atoms with Crippen molar-refractivity contribution in [2.45, 2.75) is 13.0 Å². The van der Waals surface area contributed by atoms with E-state index in [1.807, 2.05) is 25.1 Å². The lowest BCUT2D eigenvalue weighted by molar-refractivity contribution is 0.0949. The molecule has 0 radical (unpaired) electrons. The zero-order valence-electron chi connectivity index (χ0n) is 10.2. The van der Waals surface area contributed by atoms with E-state index in [1.165, 1.54) is 11.3 Å². The van der Waals surface area contributed by atoms with E-state index in [1.54, 1.807) is 7.11 Å². The van der Waals surface area contributed by atoms with E-state index in [9.17, 15) is 4.79 Å². The van der Waals surface area contributed by atoms with Crippen molar-refractivity contribution in [1.82, 2.24) is 5.32 Å². The first kappa shape index (κ1) is 11.3. The highest BCUT2D eigenvalue weighted by atomic mass is 32.1. The molecule has 1 aromatic carbocycles. The van der Waals surface area contributed by atoms with E-state index in [-0.39, 0.29) is 11.9 Å². The first-order valence-corrected chi connectivity index (χ1v) is 6.66. The fourth-order valence-corrected chi connectivity index (χ4v) is 3.20. The van der Waals surface area contributed by atoms with Crippen molar-refractivity contribution in [3.05, 3.63) is 23.1 Å². The number of rotatable bonds is 1. The standard InChI is InChI=1S/C13H14N2O2S/c1-7-6-14-11-9-5-8(17-2)3-4-10(9)18-12(11)13(16)15-7/h3-5,7,14H,6H2,1-2H3,(H,15,16)/t7-/m1/s1. The Morgan fingerprint density at radius 2 is 2.28 bits per heavy atom. The number of nitrogens with one attached hydrogen (secondary N) is 2. The van der Waals surface area contributed by atoms with Crippen LogP contribution in [0.3, 0.4) is 0 Å². The molecule has 3 rings (SSSR count). The highest BCUT2D eigenvalue weighted by molar-refractivity contribution is 7.21. The molecule has 0 fully saturated rings. The van der Waals surface area contributed by atoms with Crippen LogP contribution in [-0.4, -0.2) is 25.6 Å². The van der Waals surface area contributed by atoms with Gasteiger partial charge in [-0.15, -0.1) is 11.3 Å². The quantitative estimate of drug-likeness (QED) is 0.830. The van der Waals surface area contributed by atoms with E-state index in [0.29, 0.717) is 0 Å². The number of hydrogen-bond donors (Lipinski definition) is 2. The van der Waals surface area contributed by atoms with Crippen molar-refractivity contribution in [2.75, 3.05) is 19.0 Å². The van der Waals surface area contributed by atoms with Crippen LogP contribution in [0.5, 0.6) is 5.75 Å². The van der Waals surface area contributed by atoms with E-state index >= 15 is 0 Å². The number of benzene rings is 1. The maximum absolute atomic E-state index is 12.1. The number of methoxy groups -OCH3 is 1. The van der Waals surface area contributed by atoms with Gasteiger partial charge in [-0.3, -0.25) is 4.79 Å². The first-order valence-electron chi connectivity index (χ1n) is 5.84. The number of amides is 1. The highest BCUT2D eigenvalue weighted by Crippen LogP contribution is 2.38. The Balaban J connectivity index is 2.19. The van der Waals surface area contributed by atoms with Gasteiger partial charge in [0.1, 0.15) is 10.6 Å². The van der Waals surface area contributed by atoms with Crippen LogP contribution in [0.2, 0.25) is 0 Å². The third kappa shape index (κ3) is 1.71. The van der Waals surface area contributed by atoms with Crippen LogP contribution >= 0.6 is 11.3 Å². The third-order valence-electron chi connectivity index (χ3n) is 3.06. The van der Waals surface area contributed by atoms with Crippen molar-refractivity contribution < 1.29 is 9.53 Å². The molecule has 94 valence electrons. The van der Waals surface area contributed by atoms with Gasteiger partial charge in [0.05, 0.1) is 12.8 Å². The molecule has 1 atom stereocenters. The molecule has 0 aliphatic carbocycles. The van der Waals surface area contributed by atoms with Crippen molar-refractivity contribution >= 4 is 33.0 Å². The molecule has 18 heavy (non-hydrogen) atoms. The Kier molecular flexibility index (Phi) is 2.63. The van der Waals surface area contributed by atoms with E-state index in [0.717, 1.165) is 32.9 Å². The van der Waals surface area contributed by atoms with Gasteiger partial charge in [-0.2, -0.15) is 0 Å². The molecule has 4 nitrogen and oxygen atoms in total. The summed E-state index contributed by atoms with van der Waals surface area (Å²) in [4.78, 5) is 12.8. The number of carbonyl (C=O) groups is 1. The van der Waals surface area contributed by atoms with Gasteiger partial charge >= 0.3 is 0 Å². The molecule has 5 heteroatoms. The van der Waals surface area contributed by atoms with Gasteiger partial charge in [0, 0.05) is 22.7 Å². The fraction of sp³-hybridized carbons (Fsp3) is 0.308. The maximum Gasteiger partial charge on any atom is 0.263 e. The molecule has 1 aliphatic rings. The Bertz CT molecular complexity index is 621. The van der Waals surface area contributed by atoms with Crippen LogP contribution < -0.4 is 15.4 Å². The normalized spacial score (nSPS) is 18.8. The van der Waals surface area contributed by atoms with Gasteiger partial charge in [0.15, 0.2) is 0 Å². The Hall–Kier alpha value is -1.75. The summed E-state index contributed by atoms with van der Waals surface area (Å²) in [6.45, 7) is 2.73.